The maximum atomic E-state index is 12.3. The van der Waals surface area contributed by atoms with E-state index in [0.29, 0.717) is 0 Å². The summed E-state index contributed by atoms with van der Waals surface area (Å²) in [5.74, 6) is -1.43. The van der Waals surface area contributed by atoms with Crippen LogP contribution in [-0.2, 0) is 23.6 Å². The smallest absolute Gasteiger partial charge is 0.290 e. The van der Waals surface area contributed by atoms with Gasteiger partial charge in [-0.2, -0.15) is 0 Å². The summed E-state index contributed by atoms with van der Waals surface area (Å²) in [6.07, 6.45) is -1.10. The van der Waals surface area contributed by atoms with Gasteiger partial charge in [-0.25, -0.2) is 5.06 Å². The van der Waals surface area contributed by atoms with Crippen LogP contribution >= 0.6 is 0 Å². The third-order valence-corrected chi connectivity index (χ3v) is 9.19. The molecule has 0 aliphatic carbocycles. The van der Waals surface area contributed by atoms with E-state index in [-0.39, 0.29) is 5.04 Å². The van der Waals surface area contributed by atoms with E-state index in [0.717, 1.165) is 5.06 Å². The number of amides is 2. The molecule has 1 aliphatic heterocycles. The lowest BCUT2D eigenvalue weighted by Crippen LogP contribution is -2.51. The topological polar surface area (TPSA) is 94.4 Å². The van der Waals surface area contributed by atoms with Gasteiger partial charge in [0.05, 0.1) is 13.2 Å². The molecular weight excluding hydrogens is 304 g/mol. The maximum absolute atomic E-state index is 12.3. The number of ether oxygens (including phenoxy) is 1. The first-order valence-corrected chi connectivity index (χ1v) is 10.2. The van der Waals surface area contributed by atoms with Crippen molar-refractivity contribution in [2.24, 2.45) is 5.73 Å². The minimum absolute atomic E-state index is 0.0128. The van der Waals surface area contributed by atoms with E-state index in [2.05, 4.69) is 33.9 Å². The van der Waals surface area contributed by atoms with Gasteiger partial charge in [-0.05, 0) is 25.1 Å². The molecule has 0 aromatic rings. The Balaban J connectivity index is 2.91. The molecule has 7 nitrogen and oxygen atoms in total. The zero-order valence-electron chi connectivity index (χ0n) is 14.7. The molecule has 0 saturated carbocycles. The molecule has 3 atom stereocenters. The first-order valence-electron chi connectivity index (χ1n) is 7.29. The maximum Gasteiger partial charge on any atom is 0.290 e. The Morgan fingerprint density at radius 2 is 1.86 bits per heavy atom. The summed E-state index contributed by atoms with van der Waals surface area (Å²) in [4.78, 5) is 28.9. The lowest BCUT2D eigenvalue weighted by atomic mass is 10.0. The van der Waals surface area contributed by atoms with Crippen molar-refractivity contribution in [3.63, 3.8) is 0 Å². The van der Waals surface area contributed by atoms with Gasteiger partial charge in [0.2, 0.25) is 0 Å². The fourth-order valence-corrected chi connectivity index (χ4v) is 3.50. The van der Waals surface area contributed by atoms with Crippen molar-refractivity contribution in [3.05, 3.63) is 0 Å². The van der Waals surface area contributed by atoms with Crippen molar-refractivity contribution in [3.8, 4) is 0 Å². The molecule has 3 unspecified atom stereocenters. The molecule has 0 spiro atoms. The molecule has 2 N–H and O–H groups in total. The summed E-state index contributed by atoms with van der Waals surface area (Å²) in [5.41, 5.74) is 3.70. The standard InChI is InChI=1S/C14H28N2O5Si/c1-9(21-22(7,8)13(2,3)4)10-14(20-10,11(15)17)12(18)16(5)19-6/h9-10H,1-8H3,(H2,15,17). The van der Waals surface area contributed by atoms with Crippen LogP contribution in [0, 0.1) is 0 Å². The molecule has 0 aromatic heterocycles. The second kappa shape index (κ2) is 5.92. The second-order valence-electron chi connectivity index (χ2n) is 7.21. The highest BCUT2D eigenvalue weighted by Gasteiger charge is 2.71. The van der Waals surface area contributed by atoms with Crippen LogP contribution in [0.2, 0.25) is 18.1 Å². The van der Waals surface area contributed by atoms with Crippen LogP contribution in [0.3, 0.4) is 0 Å². The zero-order valence-corrected chi connectivity index (χ0v) is 15.7. The Morgan fingerprint density at radius 3 is 2.23 bits per heavy atom. The molecule has 1 aliphatic rings. The number of nitrogens with zero attached hydrogens (tertiary/aromatic N) is 1. The van der Waals surface area contributed by atoms with E-state index >= 15 is 0 Å². The first-order chi connectivity index (χ1) is 9.81. The first kappa shape index (κ1) is 19.1. The molecule has 1 saturated heterocycles. The third-order valence-electron chi connectivity index (χ3n) is 4.61. The van der Waals surface area contributed by atoms with Crippen LogP contribution in [0.1, 0.15) is 27.7 Å². The van der Waals surface area contributed by atoms with Gasteiger partial charge in [0, 0.05) is 7.05 Å². The number of likely N-dealkylation sites (N-methyl/N-ethyl adjacent to an activating group) is 1. The summed E-state index contributed by atoms with van der Waals surface area (Å²) in [5, 5.41) is 0.961. The fraction of sp³-hybridized carbons (Fsp3) is 0.857. The minimum atomic E-state index is -2.05. The number of hydrogen-bond acceptors (Lipinski definition) is 5. The highest BCUT2D eigenvalue weighted by Crippen LogP contribution is 2.44. The van der Waals surface area contributed by atoms with E-state index in [1.54, 1.807) is 6.92 Å². The molecule has 1 fully saturated rings. The third kappa shape index (κ3) is 3.19. The van der Waals surface area contributed by atoms with Gasteiger partial charge in [-0.3, -0.25) is 14.4 Å². The van der Waals surface area contributed by atoms with Crippen molar-refractivity contribution in [1.29, 1.82) is 0 Å². The normalized spacial score (nSPS) is 26.5. The van der Waals surface area contributed by atoms with Gasteiger partial charge < -0.3 is 14.9 Å². The number of carbonyl (C=O) groups excluding carboxylic acids is 2. The number of epoxide rings is 1. The Labute approximate surface area is 133 Å². The van der Waals surface area contributed by atoms with Gasteiger partial charge in [-0.1, -0.05) is 20.8 Å². The number of carbonyl (C=O) groups is 2. The van der Waals surface area contributed by atoms with Gasteiger partial charge in [0.25, 0.3) is 17.4 Å². The minimum Gasteiger partial charge on any atom is -0.411 e. The SMILES string of the molecule is CON(C)C(=O)C1(C(N)=O)OC1C(C)O[Si](C)(C)C(C)(C)C. The van der Waals surface area contributed by atoms with Crippen molar-refractivity contribution in [2.75, 3.05) is 14.2 Å². The average Bonchev–Trinajstić information content (AvgIpc) is 3.11. The highest BCUT2D eigenvalue weighted by atomic mass is 28.4. The van der Waals surface area contributed by atoms with E-state index < -0.39 is 37.9 Å². The van der Waals surface area contributed by atoms with Crippen LogP contribution in [0.15, 0.2) is 0 Å². The molecule has 0 radical (unpaired) electrons. The molecule has 0 aromatic carbocycles. The van der Waals surface area contributed by atoms with Crippen LogP contribution in [-0.4, -0.2) is 57.2 Å². The second-order valence-corrected chi connectivity index (χ2v) is 12.0. The summed E-state index contributed by atoms with van der Waals surface area (Å²) in [7, 11) is 0.694. The van der Waals surface area contributed by atoms with Crippen molar-refractivity contribution < 1.29 is 23.6 Å². The lowest BCUT2D eigenvalue weighted by molar-refractivity contribution is -0.175. The molecule has 2 amide bonds. The van der Waals surface area contributed by atoms with E-state index in [4.69, 9.17) is 19.7 Å². The summed E-state index contributed by atoms with van der Waals surface area (Å²) in [6, 6.07) is 0. The Hall–Kier alpha value is -0.963. The zero-order chi connectivity index (χ0) is 17.5. The van der Waals surface area contributed by atoms with E-state index in [9.17, 15) is 9.59 Å². The molecule has 128 valence electrons. The predicted molar refractivity (Wildman–Crippen MR) is 84.3 cm³/mol. The summed E-state index contributed by atoms with van der Waals surface area (Å²) in [6.45, 7) is 12.3. The number of primary amides is 1. The van der Waals surface area contributed by atoms with Crippen molar-refractivity contribution in [2.45, 2.75) is 63.6 Å². The largest absolute Gasteiger partial charge is 0.411 e. The number of nitrogens with two attached hydrogens (primary N) is 1. The quantitative estimate of drug-likeness (QED) is 0.339. The molecule has 0 bridgehead atoms. The van der Waals surface area contributed by atoms with Gasteiger partial charge in [0.15, 0.2) is 8.32 Å². The summed E-state index contributed by atoms with van der Waals surface area (Å²) < 4.78 is 11.6. The van der Waals surface area contributed by atoms with Gasteiger partial charge in [-0.15, -0.1) is 0 Å². The summed E-state index contributed by atoms with van der Waals surface area (Å²) >= 11 is 0. The number of hydrogen-bond donors (Lipinski definition) is 1. The molecule has 1 rings (SSSR count). The molecule has 8 heteroatoms. The van der Waals surface area contributed by atoms with Crippen molar-refractivity contribution >= 4 is 20.1 Å². The lowest BCUT2D eigenvalue weighted by Gasteiger charge is -2.38. The van der Waals surface area contributed by atoms with Crippen LogP contribution in [0.4, 0.5) is 0 Å². The van der Waals surface area contributed by atoms with Crippen LogP contribution < -0.4 is 5.73 Å². The Bertz CT molecular complexity index is 463. The average molecular weight is 332 g/mol. The fourth-order valence-electron chi connectivity index (χ4n) is 2.09. The monoisotopic (exact) mass is 332 g/mol. The molecule has 1 heterocycles. The van der Waals surface area contributed by atoms with Gasteiger partial charge >= 0.3 is 0 Å². The number of rotatable bonds is 6. The molecular formula is C14H28N2O5Si. The Morgan fingerprint density at radius 1 is 1.36 bits per heavy atom. The van der Waals surface area contributed by atoms with Gasteiger partial charge in [0.1, 0.15) is 6.10 Å². The van der Waals surface area contributed by atoms with Crippen LogP contribution in [0.25, 0.3) is 0 Å². The molecule has 22 heavy (non-hydrogen) atoms. The number of hydroxylamine groups is 2. The van der Waals surface area contributed by atoms with Crippen molar-refractivity contribution in [1.82, 2.24) is 5.06 Å². The predicted octanol–water partition coefficient (Wildman–Crippen LogP) is 1.04. The van der Waals surface area contributed by atoms with E-state index in [1.807, 2.05) is 0 Å². The highest BCUT2D eigenvalue weighted by molar-refractivity contribution is 6.74. The van der Waals surface area contributed by atoms with E-state index in [1.165, 1.54) is 14.2 Å². The van der Waals surface area contributed by atoms with Crippen LogP contribution in [0.5, 0.6) is 0 Å². The Kier molecular flexibility index (Phi) is 5.13.